The topological polar surface area (TPSA) is 38.8 Å². The fourth-order valence-electron chi connectivity index (χ4n) is 1.46. The van der Waals surface area contributed by atoms with Gasteiger partial charge in [-0.1, -0.05) is 6.58 Å². The van der Waals surface area contributed by atoms with Crippen molar-refractivity contribution >= 4 is 5.97 Å². The third kappa shape index (κ3) is 1.42. The molecule has 1 atom stereocenters. The molecule has 74 valence electrons. The zero-order valence-corrected chi connectivity index (χ0v) is 8.46. The zero-order chi connectivity index (χ0) is 10.2. The Morgan fingerprint density at radius 1 is 1.69 bits per heavy atom. The van der Waals surface area contributed by atoms with Gasteiger partial charge in [0.05, 0.1) is 12.6 Å². The van der Waals surface area contributed by atoms with E-state index < -0.39 is 11.5 Å². The summed E-state index contributed by atoms with van der Waals surface area (Å²) in [5.41, 5.74) is -0.399. The van der Waals surface area contributed by atoms with Crippen LogP contribution in [-0.4, -0.2) is 30.7 Å². The maximum Gasteiger partial charge on any atom is 0.318 e. The van der Waals surface area contributed by atoms with Crippen LogP contribution in [0.1, 0.15) is 13.8 Å². The van der Waals surface area contributed by atoms with Crippen LogP contribution in [-0.2, 0) is 14.4 Å². The minimum atomic E-state index is -0.414. The van der Waals surface area contributed by atoms with Crippen molar-refractivity contribution in [1.29, 1.82) is 0 Å². The predicted molar refractivity (Wildman–Crippen MR) is 47.6 cm³/mol. The maximum absolute atomic E-state index is 11.4. The van der Waals surface area contributed by atoms with Crippen molar-refractivity contribution in [2.45, 2.75) is 19.4 Å². The molecular weight excluding hydrogens is 170 g/mol. The van der Waals surface area contributed by atoms with Crippen LogP contribution < -0.4 is 0 Å². The van der Waals surface area contributed by atoms with Gasteiger partial charge in [0.25, 0.3) is 0 Å². The lowest BCUT2D eigenvalue weighted by Crippen LogP contribution is -2.42. The van der Waals surface area contributed by atoms with Gasteiger partial charge in [0.2, 0.25) is 0 Å². The summed E-state index contributed by atoms with van der Waals surface area (Å²) < 4.78 is 4.68. The van der Waals surface area contributed by atoms with Crippen molar-refractivity contribution in [1.82, 2.24) is 5.06 Å². The lowest BCUT2D eigenvalue weighted by atomic mass is 9.87. The van der Waals surface area contributed by atoms with Crippen LogP contribution in [0.2, 0.25) is 0 Å². The molecule has 1 saturated heterocycles. The van der Waals surface area contributed by atoms with Crippen LogP contribution in [0, 0.1) is 5.92 Å². The molecule has 0 saturated carbocycles. The standard InChI is InChI=1S/C9H15NO3/c1-6-7(8(11)12-5)9(2,3)10(4)13-6/h7H,1H2,2-5H3. The molecule has 0 bridgehead atoms. The molecule has 1 aliphatic heterocycles. The quantitative estimate of drug-likeness (QED) is 0.570. The fourth-order valence-corrected chi connectivity index (χ4v) is 1.46. The van der Waals surface area contributed by atoms with Gasteiger partial charge in [-0.25, -0.2) is 0 Å². The summed E-state index contributed by atoms with van der Waals surface area (Å²) in [6, 6.07) is 0. The average molecular weight is 185 g/mol. The second kappa shape index (κ2) is 3.03. The summed E-state index contributed by atoms with van der Waals surface area (Å²) in [5, 5.41) is 1.62. The Morgan fingerprint density at radius 3 is 2.54 bits per heavy atom. The van der Waals surface area contributed by atoms with E-state index in [4.69, 9.17) is 4.84 Å². The van der Waals surface area contributed by atoms with Crippen molar-refractivity contribution in [2.24, 2.45) is 5.92 Å². The molecule has 1 rings (SSSR count). The smallest absolute Gasteiger partial charge is 0.318 e. The molecule has 0 aliphatic carbocycles. The number of hydroxylamine groups is 2. The van der Waals surface area contributed by atoms with Gasteiger partial charge < -0.3 is 9.57 Å². The van der Waals surface area contributed by atoms with E-state index in [1.54, 1.807) is 12.1 Å². The molecule has 1 unspecified atom stereocenters. The number of ether oxygens (including phenoxy) is 1. The molecule has 0 radical (unpaired) electrons. The summed E-state index contributed by atoms with van der Waals surface area (Å²) in [6.07, 6.45) is 0. The van der Waals surface area contributed by atoms with Crippen molar-refractivity contribution in [3.8, 4) is 0 Å². The van der Waals surface area contributed by atoms with E-state index in [2.05, 4.69) is 11.3 Å². The fraction of sp³-hybridized carbons (Fsp3) is 0.667. The molecule has 0 spiro atoms. The van der Waals surface area contributed by atoms with Crippen LogP contribution in [0.4, 0.5) is 0 Å². The van der Waals surface area contributed by atoms with Crippen LogP contribution in [0.15, 0.2) is 12.3 Å². The van der Waals surface area contributed by atoms with Gasteiger partial charge in [-0.3, -0.25) is 4.79 Å². The number of carbonyl (C=O) groups excluding carboxylic acids is 1. The lowest BCUT2D eigenvalue weighted by Gasteiger charge is -2.27. The normalized spacial score (nSPS) is 27.1. The van der Waals surface area contributed by atoms with Crippen molar-refractivity contribution in [3.63, 3.8) is 0 Å². The minimum Gasteiger partial charge on any atom is -0.468 e. The Morgan fingerprint density at radius 2 is 2.23 bits per heavy atom. The average Bonchev–Trinajstić information content (AvgIpc) is 2.21. The second-order valence-corrected chi connectivity index (χ2v) is 3.66. The highest BCUT2D eigenvalue weighted by Crippen LogP contribution is 2.37. The van der Waals surface area contributed by atoms with Gasteiger partial charge in [-0.05, 0) is 13.8 Å². The van der Waals surface area contributed by atoms with Crippen LogP contribution in [0.25, 0.3) is 0 Å². The van der Waals surface area contributed by atoms with Gasteiger partial charge >= 0.3 is 5.97 Å². The molecule has 0 aromatic rings. The van der Waals surface area contributed by atoms with E-state index in [1.807, 2.05) is 13.8 Å². The van der Waals surface area contributed by atoms with Crippen molar-refractivity contribution < 1.29 is 14.4 Å². The highest BCUT2D eigenvalue weighted by Gasteiger charge is 2.49. The van der Waals surface area contributed by atoms with Crippen molar-refractivity contribution in [3.05, 3.63) is 12.3 Å². The molecule has 1 fully saturated rings. The predicted octanol–water partition coefficient (Wildman–Crippen LogP) is 0.945. The molecule has 1 aliphatic rings. The first kappa shape index (κ1) is 10.1. The largest absolute Gasteiger partial charge is 0.468 e. The molecule has 1 heterocycles. The van der Waals surface area contributed by atoms with Crippen LogP contribution >= 0.6 is 0 Å². The summed E-state index contributed by atoms with van der Waals surface area (Å²) in [5.74, 6) is -0.277. The molecule has 0 N–H and O–H groups in total. The number of hydrogen-bond acceptors (Lipinski definition) is 4. The SMILES string of the molecule is C=C1ON(C)C(C)(C)C1C(=O)OC. The summed E-state index contributed by atoms with van der Waals surface area (Å²) in [7, 11) is 3.14. The highest BCUT2D eigenvalue weighted by molar-refractivity contribution is 5.77. The van der Waals surface area contributed by atoms with Gasteiger partial charge in [0.1, 0.15) is 11.7 Å². The van der Waals surface area contributed by atoms with Gasteiger partial charge in [0.15, 0.2) is 0 Å². The number of nitrogens with zero attached hydrogens (tertiary/aromatic N) is 1. The van der Waals surface area contributed by atoms with Crippen LogP contribution in [0.3, 0.4) is 0 Å². The van der Waals surface area contributed by atoms with E-state index in [1.165, 1.54) is 7.11 Å². The Hall–Kier alpha value is -1.03. The monoisotopic (exact) mass is 185 g/mol. The van der Waals surface area contributed by atoms with E-state index in [-0.39, 0.29) is 5.97 Å². The lowest BCUT2D eigenvalue weighted by molar-refractivity contribution is -0.148. The Kier molecular flexibility index (Phi) is 2.34. The zero-order valence-electron chi connectivity index (χ0n) is 8.46. The third-order valence-corrected chi connectivity index (χ3v) is 2.53. The Bertz CT molecular complexity index is 239. The third-order valence-electron chi connectivity index (χ3n) is 2.53. The van der Waals surface area contributed by atoms with E-state index >= 15 is 0 Å². The molecule has 0 aromatic carbocycles. The Labute approximate surface area is 78.1 Å². The van der Waals surface area contributed by atoms with Gasteiger partial charge in [0, 0.05) is 7.05 Å². The number of hydrogen-bond donors (Lipinski definition) is 0. The van der Waals surface area contributed by atoms with E-state index in [0.717, 1.165) is 0 Å². The molecule has 4 nitrogen and oxygen atoms in total. The minimum absolute atomic E-state index is 0.306. The van der Waals surface area contributed by atoms with Crippen molar-refractivity contribution in [2.75, 3.05) is 14.2 Å². The first-order valence-electron chi connectivity index (χ1n) is 4.09. The first-order valence-corrected chi connectivity index (χ1v) is 4.09. The molecular formula is C9H15NO3. The number of esters is 1. The molecule has 13 heavy (non-hydrogen) atoms. The maximum atomic E-state index is 11.4. The van der Waals surface area contributed by atoms with Crippen LogP contribution in [0.5, 0.6) is 0 Å². The van der Waals surface area contributed by atoms with Gasteiger partial charge in [-0.15, -0.1) is 5.06 Å². The molecule has 4 heteroatoms. The van der Waals surface area contributed by atoms with E-state index in [0.29, 0.717) is 5.76 Å². The Balaban J connectivity index is 2.95. The second-order valence-electron chi connectivity index (χ2n) is 3.66. The summed E-state index contributed by atoms with van der Waals surface area (Å²) in [4.78, 5) is 16.6. The van der Waals surface area contributed by atoms with Gasteiger partial charge in [-0.2, -0.15) is 0 Å². The van der Waals surface area contributed by atoms with E-state index in [9.17, 15) is 4.79 Å². The number of rotatable bonds is 1. The highest BCUT2D eigenvalue weighted by atomic mass is 16.7. The molecule has 0 amide bonds. The summed E-state index contributed by atoms with van der Waals surface area (Å²) in [6.45, 7) is 7.50. The summed E-state index contributed by atoms with van der Waals surface area (Å²) >= 11 is 0. The first-order chi connectivity index (χ1) is 5.91. The number of methoxy groups -OCH3 is 1. The number of carbonyl (C=O) groups is 1. The molecule has 0 aromatic heterocycles.